The minimum Gasteiger partial charge on any atom is -0.545 e. The topological polar surface area (TPSA) is 191 Å². The van der Waals surface area contributed by atoms with E-state index in [2.05, 4.69) is 17.6 Å². The molecular weight excluding hydrogens is 763 g/mol. The molecule has 9 atom stereocenters. The maximum atomic E-state index is 14.1. The molecule has 15 heteroatoms. The van der Waals surface area contributed by atoms with E-state index in [9.17, 15) is 34.8 Å². The Morgan fingerprint density at radius 2 is 1.74 bits per heavy atom. The summed E-state index contributed by atoms with van der Waals surface area (Å²) in [6, 6.07) is 13.6. The highest BCUT2D eigenvalue weighted by atomic mass is 32.2. The number of benzene rings is 3. The summed E-state index contributed by atoms with van der Waals surface area (Å²) in [4.78, 5) is 44.8. The summed E-state index contributed by atoms with van der Waals surface area (Å²) in [5, 5.41) is 52.9. The van der Waals surface area contributed by atoms with Crippen LogP contribution in [0, 0.1) is 5.92 Å². The van der Waals surface area contributed by atoms with Crippen LogP contribution in [0.1, 0.15) is 53.8 Å². The number of likely N-dealkylation sites (tertiary alicyclic amines) is 1. The standard InChI is InChI=1S/C43H55N5O9S/c1-9-10-23-17-31(48(7)21-23)41(53)45-35(39-37(50)36(49)38(51)43(57-39)58-8)22(2)44-40(52)27-14-11-24(18-30(27)42(54)55)34-28-15-12-25(46(3)4)19-32(28)56-33-20-26(47(5)6)13-16-29(33)34/h11-16,18-20,22-23,31,35-39,43,49-51H,9-10,17,21H2,1-8H3,(H2-,44,45,52,53,54,55)/t22-,23-,31+,35-,36+,37-,38-,39?,43-/m1/s1. The number of carboxylic acids is 1. The molecule has 3 heterocycles. The zero-order valence-corrected chi connectivity index (χ0v) is 35.1. The first-order chi connectivity index (χ1) is 27.5. The highest BCUT2D eigenvalue weighted by Crippen LogP contribution is 2.41. The van der Waals surface area contributed by atoms with Crippen LogP contribution >= 0.6 is 11.8 Å². The molecule has 0 radical (unpaired) electrons. The van der Waals surface area contributed by atoms with E-state index in [0.717, 1.165) is 53.1 Å². The normalized spacial score (nSPS) is 24.7. The fraction of sp³-hybridized carbons (Fsp3) is 0.488. The Morgan fingerprint density at radius 1 is 1.00 bits per heavy atom. The van der Waals surface area contributed by atoms with E-state index < -0.39 is 59.9 Å². The van der Waals surface area contributed by atoms with Crippen LogP contribution < -0.4 is 30.6 Å². The van der Waals surface area contributed by atoms with Crippen LogP contribution in [0.25, 0.3) is 33.4 Å². The number of carboxylic acid groups (broad SMARTS) is 1. The molecule has 6 rings (SSSR count). The Balaban J connectivity index is 1.37. The molecule has 4 aliphatic rings. The van der Waals surface area contributed by atoms with E-state index in [1.54, 1.807) is 19.2 Å². The smallest absolute Gasteiger partial charge is 0.252 e. The summed E-state index contributed by atoms with van der Waals surface area (Å²) in [5.41, 5.74) is 1.99. The number of fused-ring (bicyclic) bond motifs is 2. The first-order valence-electron chi connectivity index (χ1n) is 19.6. The minimum atomic E-state index is -1.62. The summed E-state index contributed by atoms with van der Waals surface area (Å²) >= 11 is 1.13. The van der Waals surface area contributed by atoms with Crippen LogP contribution in [0.3, 0.4) is 0 Å². The predicted molar refractivity (Wildman–Crippen MR) is 223 cm³/mol. The second kappa shape index (κ2) is 17.8. The number of hydrogen-bond donors (Lipinski definition) is 5. The molecule has 2 fully saturated rings. The number of nitrogens with zero attached hydrogens (tertiary/aromatic N) is 3. The minimum absolute atomic E-state index is 0.180. The lowest BCUT2D eigenvalue weighted by Crippen LogP contribution is -2.67. The van der Waals surface area contributed by atoms with E-state index in [1.165, 1.54) is 12.1 Å². The van der Waals surface area contributed by atoms with Crippen molar-refractivity contribution in [3.63, 3.8) is 0 Å². The lowest BCUT2D eigenvalue weighted by atomic mass is 9.90. The fourth-order valence-corrected chi connectivity index (χ4v) is 9.00. The molecule has 0 bridgehead atoms. The molecule has 0 aromatic heterocycles. The van der Waals surface area contributed by atoms with Gasteiger partial charge in [0.2, 0.25) is 11.3 Å². The number of aromatic carboxylic acids is 1. The average molecular weight is 818 g/mol. The molecule has 1 aliphatic carbocycles. The third-order valence-corrected chi connectivity index (χ3v) is 12.4. The van der Waals surface area contributed by atoms with E-state index in [1.807, 2.05) is 86.0 Å². The van der Waals surface area contributed by atoms with Gasteiger partial charge in [-0.3, -0.25) is 14.5 Å². The van der Waals surface area contributed by atoms with Gasteiger partial charge in [-0.2, -0.15) is 0 Å². The average Bonchev–Trinajstić information content (AvgIpc) is 3.57. The molecule has 0 spiro atoms. The van der Waals surface area contributed by atoms with Gasteiger partial charge in [0.1, 0.15) is 55.3 Å². The van der Waals surface area contributed by atoms with Crippen molar-refractivity contribution in [2.24, 2.45) is 5.92 Å². The molecule has 1 unspecified atom stereocenters. The number of aliphatic hydroxyl groups excluding tert-OH is 3. The van der Waals surface area contributed by atoms with E-state index >= 15 is 0 Å². The fourth-order valence-electron chi connectivity index (χ4n) is 8.32. The number of rotatable bonds is 12. The molecular formula is C43H55N5O9S. The van der Waals surface area contributed by atoms with Gasteiger partial charge in [0.15, 0.2) is 0 Å². The molecule has 312 valence electrons. The van der Waals surface area contributed by atoms with Crippen LogP contribution in [0.2, 0.25) is 0 Å². The van der Waals surface area contributed by atoms with Gasteiger partial charge in [0.05, 0.1) is 24.1 Å². The van der Waals surface area contributed by atoms with Crippen molar-refractivity contribution in [3.05, 3.63) is 71.1 Å². The van der Waals surface area contributed by atoms with E-state index in [-0.39, 0.29) is 17.0 Å². The Bertz CT molecular complexity index is 2200. The van der Waals surface area contributed by atoms with Gasteiger partial charge >= 0.3 is 0 Å². The maximum Gasteiger partial charge on any atom is 0.252 e. The summed E-state index contributed by atoms with van der Waals surface area (Å²) < 4.78 is 14.5. The molecule has 2 saturated heterocycles. The highest BCUT2D eigenvalue weighted by Gasteiger charge is 2.49. The third kappa shape index (κ3) is 8.61. The van der Waals surface area contributed by atoms with Gasteiger partial charge in [-0.15, -0.1) is 11.8 Å². The zero-order valence-electron chi connectivity index (χ0n) is 34.3. The van der Waals surface area contributed by atoms with Crippen LogP contribution in [0.4, 0.5) is 5.69 Å². The van der Waals surface area contributed by atoms with Crippen molar-refractivity contribution in [1.82, 2.24) is 20.1 Å². The molecule has 2 amide bonds. The number of ether oxygens (including phenoxy) is 1. The summed E-state index contributed by atoms with van der Waals surface area (Å²) in [6.45, 7) is 4.44. The number of thioether (sulfide) groups is 1. The molecule has 0 saturated carbocycles. The van der Waals surface area contributed by atoms with Crippen molar-refractivity contribution in [2.75, 3.05) is 52.9 Å². The van der Waals surface area contributed by atoms with Gasteiger partial charge in [-0.25, -0.2) is 4.58 Å². The van der Waals surface area contributed by atoms with Gasteiger partial charge in [0, 0.05) is 72.1 Å². The summed E-state index contributed by atoms with van der Waals surface area (Å²) in [6.07, 6.45) is -1.62. The van der Waals surface area contributed by atoms with Crippen LogP contribution in [0.15, 0.2) is 59.0 Å². The molecule has 58 heavy (non-hydrogen) atoms. The molecule has 3 aliphatic heterocycles. The number of aliphatic hydroxyl groups is 3. The van der Waals surface area contributed by atoms with Crippen LogP contribution in [-0.4, -0.2) is 134 Å². The van der Waals surface area contributed by atoms with Crippen molar-refractivity contribution in [1.29, 1.82) is 0 Å². The molecule has 2 aromatic rings. The number of carbonyl (C=O) groups excluding carboxylic acids is 3. The van der Waals surface area contributed by atoms with Crippen molar-refractivity contribution >= 4 is 46.2 Å². The number of likely N-dealkylation sites (N-methyl/N-ethyl adjacent to an activating group) is 1. The summed E-state index contributed by atoms with van der Waals surface area (Å²) in [5.74, 6) is -1.76. The monoisotopic (exact) mass is 817 g/mol. The molecule has 14 nitrogen and oxygen atoms in total. The Hall–Kier alpha value is -4.51. The second-order valence-electron chi connectivity index (χ2n) is 16.0. The SMILES string of the molecule is CCC[C@@H]1C[C@@H](C(=O)N[C@@H](C2O[C@H](SC)[C@H](O)[C@@H](O)[C@H]2O)[C@@H](C)NC(=O)c2ccc(-c3c4ccc(=[N+](C)C)cc-4oc4cc(N(C)C)ccc34)cc2C(=O)[O-])N(C)C1. The van der Waals surface area contributed by atoms with Gasteiger partial charge < -0.3 is 49.9 Å². The van der Waals surface area contributed by atoms with Crippen LogP contribution in [-0.2, 0) is 9.53 Å². The lowest BCUT2D eigenvalue weighted by Gasteiger charge is -2.45. The first-order valence-corrected chi connectivity index (χ1v) is 20.9. The van der Waals surface area contributed by atoms with Crippen LogP contribution in [0.5, 0.6) is 0 Å². The molecule has 2 aromatic carbocycles. The Morgan fingerprint density at radius 3 is 2.40 bits per heavy atom. The Kier molecular flexibility index (Phi) is 13.2. The highest BCUT2D eigenvalue weighted by molar-refractivity contribution is 7.99. The van der Waals surface area contributed by atoms with Gasteiger partial charge in [-0.05, 0) is 74.9 Å². The first kappa shape index (κ1) is 43.1. The number of carbonyl (C=O) groups is 3. The van der Waals surface area contributed by atoms with Crippen molar-refractivity contribution < 1.29 is 44.0 Å². The zero-order chi connectivity index (χ0) is 42.2. The third-order valence-electron chi connectivity index (χ3n) is 11.5. The van der Waals surface area contributed by atoms with Crippen molar-refractivity contribution in [2.45, 2.75) is 81.1 Å². The quantitative estimate of drug-likeness (QED) is 0.103. The lowest BCUT2D eigenvalue weighted by molar-refractivity contribution is -0.255. The van der Waals surface area contributed by atoms with Gasteiger partial charge in [-0.1, -0.05) is 19.4 Å². The largest absolute Gasteiger partial charge is 0.545 e. The predicted octanol–water partition coefficient (Wildman–Crippen LogP) is 1.56. The van der Waals surface area contributed by atoms with E-state index in [4.69, 9.17) is 9.15 Å². The summed E-state index contributed by atoms with van der Waals surface area (Å²) in [7, 11) is 9.58. The van der Waals surface area contributed by atoms with E-state index in [0.29, 0.717) is 34.8 Å². The van der Waals surface area contributed by atoms with Crippen molar-refractivity contribution in [3.8, 4) is 22.5 Å². The maximum absolute atomic E-state index is 14.1. The second-order valence-corrected chi connectivity index (χ2v) is 16.9. The molecule has 5 N–H and O–H groups in total. The van der Waals surface area contributed by atoms with Gasteiger partial charge in [0.25, 0.3) is 5.91 Å². The number of anilines is 1. The number of amides is 2. The number of hydrogen-bond acceptors (Lipinski definition) is 12. The number of nitrogens with one attached hydrogen (secondary N) is 2. The Labute approximate surface area is 342 Å².